The van der Waals surface area contributed by atoms with Gasteiger partial charge in [0, 0.05) is 37.0 Å². The van der Waals surface area contributed by atoms with E-state index in [0.29, 0.717) is 19.2 Å². The Balaban J connectivity index is 1.55. The summed E-state index contributed by atoms with van der Waals surface area (Å²) in [6.07, 6.45) is 6.82. The van der Waals surface area contributed by atoms with Crippen LogP contribution in [0.15, 0.2) is 23.2 Å². The van der Waals surface area contributed by atoms with E-state index < -0.39 is 0 Å². The summed E-state index contributed by atoms with van der Waals surface area (Å²) in [5, 5.41) is 11.2. The third-order valence-corrected chi connectivity index (χ3v) is 6.21. The molecule has 0 unspecified atom stereocenters. The molecule has 2 atom stereocenters. The van der Waals surface area contributed by atoms with E-state index in [2.05, 4.69) is 43.9 Å². The number of carbonyl (C=O) groups excluding carboxylic acids is 1. The standard InChI is InChI=1S/C25H36N6O2/c1-16(2)33-14-13-27-25(32)24-29-19-11-10-17(3)15-18(19)23(31-24)30-21-8-5-4-7-20(21)28-22-9-6-12-26-22/h10-11,15-16,20-21H,4-9,12-14H2,1-3H3,(H,26,28)(H,27,32)(H,29,30,31)/t20-,21+/m1/s1. The van der Waals surface area contributed by atoms with Gasteiger partial charge in [-0.1, -0.05) is 24.5 Å². The van der Waals surface area contributed by atoms with Crippen LogP contribution in [0.1, 0.15) is 68.6 Å². The molecule has 4 rings (SSSR count). The van der Waals surface area contributed by atoms with Crippen molar-refractivity contribution in [1.82, 2.24) is 20.6 Å². The van der Waals surface area contributed by atoms with Crippen LogP contribution in [-0.4, -0.2) is 59.6 Å². The van der Waals surface area contributed by atoms with Gasteiger partial charge in [0.15, 0.2) is 0 Å². The van der Waals surface area contributed by atoms with Gasteiger partial charge in [0.25, 0.3) is 5.91 Å². The van der Waals surface area contributed by atoms with Gasteiger partial charge in [-0.3, -0.25) is 9.79 Å². The summed E-state index contributed by atoms with van der Waals surface area (Å²) in [7, 11) is 0. The van der Waals surface area contributed by atoms with Crippen molar-refractivity contribution in [2.75, 3.05) is 25.0 Å². The van der Waals surface area contributed by atoms with Crippen LogP contribution >= 0.6 is 0 Å². The molecule has 0 spiro atoms. The lowest BCUT2D eigenvalue weighted by molar-refractivity contribution is 0.0743. The van der Waals surface area contributed by atoms with Crippen molar-refractivity contribution in [2.45, 2.75) is 77.5 Å². The predicted molar refractivity (Wildman–Crippen MR) is 132 cm³/mol. The maximum absolute atomic E-state index is 12.8. The maximum atomic E-state index is 12.8. The molecule has 3 N–H and O–H groups in total. The number of hydrogen-bond acceptors (Lipinski definition) is 7. The summed E-state index contributed by atoms with van der Waals surface area (Å²) < 4.78 is 5.52. The van der Waals surface area contributed by atoms with Gasteiger partial charge < -0.3 is 20.7 Å². The zero-order valence-corrected chi connectivity index (χ0v) is 20.0. The number of ether oxygens (including phenoxy) is 1. The molecule has 1 aliphatic carbocycles. The Morgan fingerprint density at radius 3 is 2.64 bits per heavy atom. The smallest absolute Gasteiger partial charge is 0.289 e. The highest BCUT2D eigenvalue weighted by Crippen LogP contribution is 2.27. The molecule has 0 saturated heterocycles. The van der Waals surface area contributed by atoms with E-state index in [1.165, 1.54) is 12.8 Å². The van der Waals surface area contributed by atoms with Gasteiger partial charge >= 0.3 is 0 Å². The predicted octanol–water partition coefficient (Wildman–Crippen LogP) is 3.60. The number of benzene rings is 1. The second-order valence-corrected chi connectivity index (χ2v) is 9.31. The zero-order chi connectivity index (χ0) is 23.2. The molecule has 8 nitrogen and oxygen atoms in total. The number of fused-ring (bicyclic) bond motifs is 1. The normalized spacial score (nSPS) is 20.7. The third kappa shape index (κ3) is 6.19. The van der Waals surface area contributed by atoms with Crippen LogP contribution in [0.25, 0.3) is 10.9 Å². The lowest BCUT2D eigenvalue weighted by Gasteiger charge is -2.34. The largest absolute Gasteiger partial charge is 0.377 e. The van der Waals surface area contributed by atoms with Crippen LogP contribution in [0.3, 0.4) is 0 Å². The Bertz CT molecular complexity index is 1010. The minimum Gasteiger partial charge on any atom is -0.377 e. The van der Waals surface area contributed by atoms with E-state index in [1.807, 2.05) is 26.0 Å². The van der Waals surface area contributed by atoms with Crippen molar-refractivity contribution in [3.05, 3.63) is 29.6 Å². The monoisotopic (exact) mass is 452 g/mol. The molecule has 0 radical (unpaired) electrons. The molecule has 1 aliphatic heterocycles. The zero-order valence-electron chi connectivity index (χ0n) is 20.0. The average molecular weight is 453 g/mol. The highest BCUT2D eigenvalue weighted by Gasteiger charge is 2.28. The molecule has 2 heterocycles. The second-order valence-electron chi connectivity index (χ2n) is 9.31. The third-order valence-electron chi connectivity index (χ3n) is 6.21. The van der Waals surface area contributed by atoms with Gasteiger partial charge in [0.2, 0.25) is 5.82 Å². The van der Waals surface area contributed by atoms with E-state index in [-0.39, 0.29) is 23.9 Å². The maximum Gasteiger partial charge on any atom is 0.289 e. The van der Waals surface area contributed by atoms with E-state index in [4.69, 9.17) is 4.74 Å². The Morgan fingerprint density at radius 1 is 1.12 bits per heavy atom. The number of amidine groups is 1. The first-order valence-corrected chi connectivity index (χ1v) is 12.2. The molecule has 178 valence electrons. The number of nitrogens with one attached hydrogen (secondary N) is 3. The fraction of sp³-hybridized carbons (Fsp3) is 0.600. The Labute approximate surface area is 196 Å². The van der Waals surface area contributed by atoms with Crippen LogP contribution in [0.4, 0.5) is 5.82 Å². The number of carbonyl (C=O) groups is 1. The van der Waals surface area contributed by atoms with E-state index in [0.717, 1.165) is 60.3 Å². The van der Waals surface area contributed by atoms with Crippen molar-refractivity contribution in [3.8, 4) is 0 Å². The Hall–Kier alpha value is -2.74. The first kappa shape index (κ1) is 23.4. The number of aromatic nitrogens is 2. The van der Waals surface area contributed by atoms with Crippen molar-refractivity contribution in [2.24, 2.45) is 4.99 Å². The fourth-order valence-electron chi connectivity index (χ4n) is 4.52. The molecular formula is C25H36N6O2. The second kappa shape index (κ2) is 10.9. The molecule has 8 heteroatoms. The highest BCUT2D eigenvalue weighted by molar-refractivity contribution is 5.96. The SMILES string of the molecule is Cc1ccc2nc(C(=O)NCCOC(C)C)nc(N[C@H]3CCCC[C@H]3NC3=NCCC3)c2c1. The number of amides is 1. The minimum absolute atomic E-state index is 0.130. The molecule has 1 aromatic carbocycles. The van der Waals surface area contributed by atoms with Gasteiger partial charge in [-0.2, -0.15) is 0 Å². The quantitative estimate of drug-likeness (QED) is 0.529. The molecule has 1 amide bonds. The van der Waals surface area contributed by atoms with E-state index in [9.17, 15) is 4.79 Å². The van der Waals surface area contributed by atoms with Gasteiger partial charge in [0.05, 0.1) is 24.1 Å². The number of aliphatic imine (C=N–C) groups is 1. The number of rotatable bonds is 8. The number of anilines is 1. The van der Waals surface area contributed by atoms with Gasteiger partial charge in [-0.15, -0.1) is 0 Å². The molecule has 33 heavy (non-hydrogen) atoms. The summed E-state index contributed by atoms with van der Waals surface area (Å²) in [5.74, 6) is 1.74. The first-order chi connectivity index (χ1) is 16.0. The van der Waals surface area contributed by atoms with Crippen LogP contribution < -0.4 is 16.0 Å². The average Bonchev–Trinajstić information content (AvgIpc) is 3.31. The summed E-state index contributed by atoms with van der Waals surface area (Å²) in [4.78, 5) is 26.6. The Kier molecular flexibility index (Phi) is 7.75. The van der Waals surface area contributed by atoms with Crippen molar-refractivity contribution < 1.29 is 9.53 Å². The number of aryl methyl sites for hydroxylation is 1. The van der Waals surface area contributed by atoms with E-state index >= 15 is 0 Å². The topological polar surface area (TPSA) is 101 Å². The van der Waals surface area contributed by atoms with Crippen LogP contribution in [-0.2, 0) is 4.74 Å². The molecule has 2 aromatic rings. The highest BCUT2D eigenvalue weighted by atomic mass is 16.5. The lowest BCUT2D eigenvalue weighted by atomic mass is 9.90. The molecule has 0 bridgehead atoms. The molecular weight excluding hydrogens is 416 g/mol. The first-order valence-electron chi connectivity index (χ1n) is 12.2. The molecule has 2 aliphatic rings. The van der Waals surface area contributed by atoms with Gasteiger partial charge in [-0.05, 0) is 52.2 Å². The van der Waals surface area contributed by atoms with E-state index in [1.54, 1.807) is 0 Å². The van der Waals surface area contributed by atoms with Gasteiger partial charge in [-0.25, -0.2) is 9.97 Å². The number of hydrogen-bond donors (Lipinski definition) is 3. The fourth-order valence-corrected chi connectivity index (χ4v) is 4.52. The van der Waals surface area contributed by atoms with Crippen molar-refractivity contribution >= 4 is 28.5 Å². The minimum atomic E-state index is -0.286. The lowest BCUT2D eigenvalue weighted by Crippen LogP contribution is -2.48. The Morgan fingerprint density at radius 2 is 1.91 bits per heavy atom. The molecule has 1 saturated carbocycles. The van der Waals surface area contributed by atoms with Crippen LogP contribution in [0.2, 0.25) is 0 Å². The summed E-state index contributed by atoms with van der Waals surface area (Å²) in [6.45, 7) is 7.81. The van der Waals surface area contributed by atoms with Gasteiger partial charge in [0.1, 0.15) is 5.82 Å². The summed E-state index contributed by atoms with van der Waals surface area (Å²) in [6, 6.07) is 6.58. The van der Waals surface area contributed by atoms with Crippen molar-refractivity contribution in [3.63, 3.8) is 0 Å². The molecule has 1 aromatic heterocycles. The van der Waals surface area contributed by atoms with Crippen LogP contribution in [0.5, 0.6) is 0 Å². The van der Waals surface area contributed by atoms with Crippen molar-refractivity contribution in [1.29, 1.82) is 0 Å². The molecule has 1 fully saturated rings. The summed E-state index contributed by atoms with van der Waals surface area (Å²) in [5.41, 5.74) is 1.90. The number of nitrogens with zero attached hydrogens (tertiary/aromatic N) is 3. The summed E-state index contributed by atoms with van der Waals surface area (Å²) >= 11 is 0. The van der Waals surface area contributed by atoms with Crippen LogP contribution in [0, 0.1) is 6.92 Å².